The molecular weight excluding hydrogens is 333 g/mol. The van der Waals surface area contributed by atoms with E-state index in [2.05, 4.69) is 9.97 Å². The van der Waals surface area contributed by atoms with Gasteiger partial charge in [-0.1, -0.05) is 59.6 Å². The molecule has 0 aliphatic rings. The SMILES string of the molecule is NC(=O)c1cnc(-c2ccccc2Cl)c(-c2ccccc2Cl)n1. The lowest BCUT2D eigenvalue weighted by atomic mass is 10.0. The molecule has 114 valence electrons. The summed E-state index contributed by atoms with van der Waals surface area (Å²) in [5.41, 5.74) is 7.73. The molecule has 0 bridgehead atoms. The zero-order valence-corrected chi connectivity index (χ0v) is 13.3. The van der Waals surface area contributed by atoms with Crippen LogP contribution in [0.1, 0.15) is 10.5 Å². The van der Waals surface area contributed by atoms with Crippen LogP contribution in [0.25, 0.3) is 22.5 Å². The number of nitrogens with zero attached hydrogens (tertiary/aromatic N) is 2. The van der Waals surface area contributed by atoms with Crippen molar-refractivity contribution in [3.05, 3.63) is 70.5 Å². The van der Waals surface area contributed by atoms with E-state index in [1.165, 1.54) is 6.20 Å². The zero-order chi connectivity index (χ0) is 16.4. The average molecular weight is 344 g/mol. The molecule has 0 fully saturated rings. The van der Waals surface area contributed by atoms with Crippen molar-refractivity contribution in [3.8, 4) is 22.5 Å². The Morgan fingerprint density at radius 2 is 1.39 bits per heavy atom. The third-order valence-electron chi connectivity index (χ3n) is 3.28. The Hall–Kier alpha value is -2.43. The predicted molar refractivity (Wildman–Crippen MR) is 91.4 cm³/mol. The number of carbonyl (C=O) groups excluding carboxylic acids is 1. The zero-order valence-electron chi connectivity index (χ0n) is 11.8. The minimum atomic E-state index is -0.656. The van der Waals surface area contributed by atoms with Crippen LogP contribution < -0.4 is 5.73 Å². The highest BCUT2D eigenvalue weighted by molar-refractivity contribution is 6.34. The minimum Gasteiger partial charge on any atom is -0.364 e. The maximum absolute atomic E-state index is 11.4. The summed E-state index contributed by atoms with van der Waals surface area (Å²) in [7, 11) is 0. The van der Waals surface area contributed by atoms with Gasteiger partial charge in [0.2, 0.25) is 0 Å². The Labute approximate surface area is 142 Å². The van der Waals surface area contributed by atoms with Crippen molar-refractivity contribution in [2.75, 3.05) is 0 Å². The monoisotopic (exact) mass is 343 g/mol. The minimum absolute atomic E-state index is 0.0655. The molecule has 3 aromatic rings. The van der Waals surface area contributed by atoms with Crippen molar-refractivity contribution in [1.82, 2.24) is 9.97 Å². The van der Waals surface area contributed by atoms with Crippen molar-refractivity contribution in [2.45, 2.75) is 0 Å². The molecule has 0 unspecified atom stereocenters. The van der Waals surface area contributed by atoms with Crippen molar-refractivity contribution in [3.63, 3.8) is 0 Å². The first-order chi connectivity index (χ1) is 11.1. The lowest BCUT2D eigenvalue weighted by molar-refractivity contribution is 0.0995. The molecule has 0 aliphatic heterocycles. The number of rotatable bonds is 3. The molecule has 6 heteroatoms. The Morgan fingerprint density at radius 1 is 0.870 bits per heavy atom. The Bertz CT molecular complexity index is 897. The molecule has 0 saturated heterocycles. The topological polar surface area (TPSA) is 68.9 Å². The molecule has 1 heterocycles. The summed E-state index contributed by atoms with van der Waals surface area (Å²) in [6.45, 7) is 0. The van der Waals surface area contributed by atoms with Crippen LogP contribution in [-0.2, 0) is 0 Å². The molecule has 2 aromatic carbocycles. The first kappa shape index (κ1) is 15.5. The molecule has 4 nitrogen and oxygen atoms in total. The second kappa shape index (κ2) is 6.36. The number of benzene rings is 2. The fourth-order valence-electron chi connectivity index (χ4n) is 2.20. The summed E-state index contributed by atoms with van der Waals surface area (Å²) in [6, 6.07) is 14.5. The number of halogens is 2. The second-order valence-electron chi connectivity index (χ2n) is 4.78. The Morgan fingerprint density at radius 3 is 1.91 bits per heavy atom. The van der Waals surface area contributed by atoms with Gasteiger partial charge in [-0.3, -0.25) is 9.78 Å². The van der Waals surface area contributed by atoms with Crippen LogP contribution in [0, 0.1) is 0 Å². The van der Waals surface area contributed by atoms with Crippen LogP contribution in [0.5, 0.6) is 0 Å². The van der Waals surface area contributed by atoms with Gasteiger partial charge in [-0.2, -0.15) is 0 Å². The smallest absolute Gasteiger partial charge is 0.268 e. The lowest BCUT2D eigenvalue weighted by Crippen LogP contribution is -2.14. The van der Waals surface area contributed by atoms with Crippen LogP contribution in [0.3, 0.4) is 0 Å². The van der Waals surface area contributed by atoms with Gasteiger partial charge < -0.3 is 5.73 Å². The van der Waals surface area contributed by atoms with Crippen molar-refractivity contribution >= 4 is 29.1 Å². The van der Waals surface area contributed by atoms with Crippen molar-refractivity contribution in [1.29, 1.82) is 0 Å². The van der Waals surface area contributed by atoms with Crippen molar-refractivity contribution < 1.29 is 4.79 Å². The van der Waals surface area contributed by atoms with Gasteiger partial charge in [0, 0.05) is 11.1 Å². The maximum Gasteiger partial charge on any atom is 0.268 e. The summed E-state index contributed by atoms with van der Waals surface area (Å²) < 4.78 is 0. The van der Waals surface area contributed by atoms with Crippen LogP contribution in [0.4, 0.5) is 0 Å². The van der Waals surface area contributed by atoms with E-state index in [-0.39, 0.29) is 5.69 Å². The maximum atomic E-state index is 11.4. The third-order valence-corrected chi connectivity index (χ3v) is 3.94. The molecule has 23 heavy (non-hydrogen) atoms. The van der Waals surface area contributed by atoms with Gasteiger partial charge in [0.25, 0.3) is 5.91 Å². The fraction of sp³-hybridized carbons (Fsp3) is 0. The van der Waals surface area contributed by atoms with Crippen LogP contribution >= 0.6 is 23.2 Å². The van der Waals surface area contributed by atoms with Gasteiger partial charge in [-0.05, 0) is 12.1 Å². The summed E-state index contributed by atoms with van der Waals surface area (Å²) in [4.78, 5) is 20.1. The van der Waals surface area contributed by atoms with Gasteiger partial charge in [0.05, 0.1) is 27.6 Å². The highest BCUT2D eigenvalue weighted by atomic mass is 35.5. The number of nitrogens with two attached hydrogens (primary N) is 1. The van der Waals surface area contributed by atoms with E-state index in [1.807, 2.05) is 30.3 Å². The van der Waals surface area contributed by atoms with Gasteiger partial charge in [-0.15, -0.1) is 0 Å². The molecule has 1 aromatic heterocycles. The second-order valence-corrected chi connectivity index (χ2v) is 5.59. The van der Waals surface area contributed by atoms with Gasteiger partial charge in [0.1, 0.15) is 5.69 Å². The lowest BCUT2D eigenvalue weighted by Gasteiger charge is -2.11. The summed E-state index contributed by atoms with van der Waals surface area (Å²) >= 11 is 12.5. The highest BCUT2D eigenvalue weighted by Crippen LogP contribution is 2.35. The standard InChI is InChI=1S/C17H11Cl2N3O/c18-12-7-3-1-5-10(12)15-16(11-6-2-4-8-13(11)19)22-14(9-21-15)17(20)23/h1-9H,(H2,20,23). The van der Waals surface area contributed by atoms with Crippen LogP contribution in [-0.4, -0.2) is 15.9 Å². The highest BCUT2D eigenvalue weighted by Gasteiger charge is 2.17. The van der Waals surface area contributed by atoms with E-state index in [4.69, 9.17) is 28.9 Å². The largest absolute Gasteiger partial charge is 0.364 e. The van der Waals surface area contributed by atoms with Gasteiger partial charge >= 0.3 is 0 Å². The predicted octanol–water partition coefficient (Wildman–Crippen LogP) is 4.22. The number of amides is 1. The quantitative estimate of drug-likeness (QED) is 0.774. The van der Waals surface area contributed by atoms with Crippen molar-refractivity contribution in [2.24, 2.45) is 5.73 Å². The van der Waals surface area contributed by atoms with E-state index in [0.29, 0.717) is 32.6 Å². The number of aromatic nitrogens is 2. The summed E-state index contributed by atoms with van der Waals surface area (Å²) in [6.07, 6.45) is 1.33. The van der Waals surface area contributed by atoms with Gasteiger partial charge in [-0.25, -0.2) is 4.98 Å². The molecule has 3 rings (SSSR count). The van der Waals surface area contributed by atoms with E-state index in [0.717, 1.165) is 0 Å². The Balaban J connectivity index is 2.31. The normalized spacial score (nSPS) is 10.5. The number of hydrogen-bond acceptors (Lipinski definition) is 3. The van der Waals surface area contributed by atoms with E-state index in [1.54, 1.807) is 18.2 Å². The number of carbonyl (C=O) groups is 1. The van der Waals surface area contributed by atoms with Crippen LogP contribution in [0.15, 0.2) is 54.7 Å². The molecule has 0 radical (unpaired) electrons. The van der Waals surface area contributed by atoms with Gasteiger partial charge in [0.15, 0.2) is 0 Å². The van der Waals surface area contributed by atoms with E-state index < -0.39 is 5.91 Å². The fourth-order valence-corrected chi connectivity index (χ4v) is 2.65. The first-order valence-corrected chi connectivity index (χ1v) is 7.50. The molecule has 1 amide bonds. The summed E-state index contributed by atoms with van der Waals surface area (Å²) in [5.74, 6) is -0.656. The molecule has 2 N–H and O–H groups in total. The summed E-state index contributed by atoms with van der Waals surface area (Å²) in [5, 5.41) is 1.03. The molecule has 0 saturated carbocycles. The third kappa shape index (κ3) is 3.04. The molecule has 0 aliphatic carbocycles. The molecular formula is C17H11Cl2N3O. The van der Waals surface area contributed by atoms with Crippen LogP contribution in [0.2, 0.25) is 10.0 Å². The average Bonchev–Trinajstić information content (AvgIpc) is 2.55. The molecule has 0 atom stereocenters. The first-order valence-electron chi connectivity index (χ1n) is 6.74. The number of primary amides is 1. The van der Waals surface area contributed by atoms with E-state index >= 15 is 0 Å². The molecule has 0 spiro atoms. The number of hydrogen-bond donors (Lipinski definition) is 1. The van der Waals surface area contributed by atoms with E-state index in [9.17, 15) is 4.79 Å². The Kier molecular flexibility index (Phi) is 4.28.